The number of rotatable bonds is 8. The van der Waals surface area contributed by atoms with Crippen molar-refractivity contribution in [3.8, 4) is 0 Å². The minimum Gasteiger partial charge on any atom is -0.481 e. The highest BCUT2D eigenvalue weighted by Gasteiger charge is 2.66. The van der Waals surface area contributed by atoms with E-state index in [1.54, 1.807) is 0 Å². The molecule has 2 aliphatic carbocycles. The van der Waals surface area contributed by atoms with Crippen LogP contribution in [0.2, 0.25) is 0 Å². The zero-order valence-electron chi connectivity index (χ0n) is 16.4. The van der Waals surface area contributed by atoms with Gasteiger partial charge in [0, 0.05) is 0 Å². The highest BCUT2D eigenvalue weighted by Crippen LogP contribution is 2.67. The predicted molar refractivity (Wildman–Crippen MR) is 95.3 cm³/mol. The molecule has 0 heterocycles. The third-order valence-corrected chi connectivity index (χ3v) is 6.01. The standard InChI is InChI=1S/C20H32O6/c1-13(2)11-20(12-19(20,3)4)18(24)26-10-9-25-17(23)15-8-6-5-7-14(15)16(21)22/h13-15H,5-12H2,1-4H3,(H,21,22). The zero-order valence-corrected chi connectivity index (χ0v) is 16.4. The van der Waals surface area contributed by atoms with Crippen LogP contribution in [-0.2, 0) is 23.9 Å². The van der Waals surface area contributed by atoms with Crippen molar-refractivity contribution in [1.82, 2.24) is 0 Å². The second-order valence-corrected chi connectivity index (χ2v) is 8.88. The van der Waals surface area contributed by atoms with Gasteiger partial charge in [0.1, 0.15) is 13.2 Å². The molecule has 0 aromatic heterocycles. The summed E-state index contributed by atoms with van der Waals surface area (Å²) < 4.78 is 10.6. The first-order chi connectivity index (χ1) is 12.1. The highest BCUT2D eigenvalue weighted by molar-refractivity contribution is 5.82. The molecule has 6 heteroatoms. The maximum atomic E-state index is 12.5. The fraction of sp³-hybridized carbons (Fsp3) is 0.850. The number of carboxylic acids is 1. The van der Waals surface area contributed by atoms with Crippen molar-refractivity contribution < 1.29 is 29.0 Å². The van der Waals surface area contributed by atoms with E-state index < -0.39 is 29.2 Å². The lowest BCUT2D eigenvalue weighted by molar-refractivity contribution is -0.164. The highest BCUT2D eigenvalue weighted by atomic mass is 16.6. The van der Waals surface area contributed by atoms with Gasteiger partial charge in [-0.05, 0) is 37.0 Å². The molecule has 0 saturated heterocycles. The van der Waals surface area contributed by atoms with E-state index in [0.29, 0.717) is 18.8 Å². The van der Waals surface area contributed by atoms with E-state index in [1.165, 1.54) is 0 Å². The minimum absolute atomic E-state index is 0.0188. The van der Waals surface area contributed by atoms with Crippen LogP contribution in [-0.4, -0.2) is 36.2 Å². The molecule has 2 fully saturated rings. The van der Waals surface area contributed by atoms with Gasteiger partial charge in [0.25, 0.3) is 0 Å². The normalized spacial score (nSPS) is 29.9. The monoisotopic (exact) mass is 368 g/mol. The number of carbonyl (C=O) groups is 3. The maximum absolute atomic E-state index is 12.5. The Morgan fingerprint density at radius 3 is 2.08 bits per heavy atom. The fourth-order valence-corrected chi connectivity index (χ4v) is 4.42. The van der Waals surface area contributed by atoms with E-state index in [1.807, 2.05) is 0 Å². The van der Waals surface area contributed by atoms with Gasteiger partial charge in [-0.15, -0.1) is 0 Å². The molecule has 3 atom stereocenters. The lowest BCUT2D eigenvalue weighted by atomic mass is 9.79. The Labute approximate surface area is 155 Å². The molecule has 26 heavy (non-hydrogen) atoms. The maximum Gasteiger partial charge on any atom is 0.312 e. The third kappa shape index (κ3) is 4.38. The Morgan fingerprint density at radius 2 is 1.58 bits per heavy atom. The SMILES string of the molecule is CC(C)CC1(C(=O)OCCOC(=O)C2CCCCC2C(=O)O)CC1(C)C. The number of aliphatic carboxylic acids is 1. The average Bonchev–Trinajstić information content (AvgIpc) is 3.12. The first-order valence-corrected chi connectivity index (χ1v) is 9.67. The summed E-state index contributed by atoms with van der Waals surface area (Å²) in [7, 11) is 0. The van der Waals surface area contributed by atoms with Crippen LogP contribution in [0.5, 0.6) is 0 Å². The molecule has 148 valence electrons. The molecule has 0 aliphatic heterocycles. The molecule has 2 aliphatic rings. The molecule has 2 saturated carbocycles. The molecule has 6 nitrogen and oxygen atoms in total. The number of hydrogen-bond donors (Lipinski definition) is 1. The zero-order chi connectivity index (χ0) is 19.5. The van der Waals surface area contributed by atoms with E-state index in [9.17, 15) is 19.5 Å². The number of ether oxygens (including phenoxy) is 2. The molecule has 0 aromatic carbocycles. The van der Waals surface area contributed by atoms with E-state index in [2.05, 4.69) is 27.7 Å². The van der Waals surface area contributed by atoms with Crippen molar-refractivity contribution in [3.63, 3.8) is 0 Å². The van der Waals surface area contributed by atoms with Gasteiger partial charge in [0.2, 0.25) is 0 Å². The Hall–Kier alpha value is -1.59. The number of carbonyl (C=O) groups excluding carboxylic acids is 2. The molecule has 0 bridgehead atoms. The third-order valence-electron chi connectivity index (χ3n) is 6.01. The Balaban J connectivity index is 1.78. The van der Waals surface area contributed by atoms with Gasteiger partial charge < -0.3 is 14.6 Å². The van der Waals surface area contributed by atoms with Crippen molar-refractivity contribution in [3.05, 3.63) is 0 Å². The van der Waals surface area contributed by atoms with Gasteiger partial charge in [-0.3, -0.25) is 14.4 Å². The second-order valence-electron chi connectivity index (χ2n) is 8.88. The van der Waals surface area contributed by atoms with Gasteiger partial charge in [-0.25, -0.2) is 0 Å². The van der Waals surface area contributed by atoms with Crippen molar-refractivity contribution in [1.29, 1.82) is 0 Å². The smallest absolute Gasteiger partial charge is 0.312 e. The molecular formula is C20H32O6. The summed E-state index contributed by atoms with van der Waals surface area (Å²) in [6, 6.07) is 0. The van der Waals surface area contributed by atoms with Crippen LogP contribution in [0.4, 0.5) is 0 Å². The minimum atomic E-state index is -0.940. The average molecular weight is 368 g/mol. The van der Waals surface area contributed by atoms with Crippen LogP contribution in [0.15, 0.2) is 0 Å². The summed E-state index contributed by atoms with van der Waals surface area (Å²) in [5.41, 5.74) is -0.481. The molecule has 0 spiro atoms. The lowest BCUT2D eigenvalue weighted by Crippen LogP contribution is -2.34. The largest absolute Gasteiger partial charge is 0.481 e. The van der Waals surface area contributed by atoms with Crippen molar-refractivity contribution in [2.75, 3.05) is 13.2 Å². The van der Waals surface area contributed by atoms with Gasteiger partial charge >= 0.3 is 17.9 Å². The Kier molecular flexibility index (Phi) is 6.35. The first-order valence-electron chi connectivity index (χ1n) is 9.67. The van der Waals surface area contributed by atoms with Crippen LogP contribution >= 0.6 is 0 Å². The predicted octanol–water partition coefficient (Wildman–Crippen LogP) is 3.43. The molecule has 0 aromatic rings. The summed E-state index contributed by atoms with van der Waals surface area (Å²) in [5, 5.41) is 9.24. The molecule has 2 rings (SSSR count). The summed E-state index contributed by atoms with van der Waals surface area (Å²) in [5.74, 6) is -2.50. The van der Waals surface area contributed by atoms with E-state index in [0.717, 1.165) is 25.7 Å². The quantitative estimate of drug-likeness (QED) is 0.521. The van der Waals surface area contributed by atoms with Crippen LogP contribution in [0.1, 0.15) is 66.2 Å². The first kappa shape index (κ1) is 20.7. The molecule has 0 radical (unpaired) electrons. The van der Waals surface area contributed by atoms with Crippen LogP contribution < -0.4 is 0 Å². The van der Waals surface area contributed by atoms with Crippen molar-refractivity contribution >= 4 is 17.9 Å². The molecule has 1 N–H and O–H groups in total. The Morgan fingerprint density at radius 1 is 1.04 bits per heavy atom. The number of carboxylic acid groups (broad SMARTS) is 1. The van der Waals surface area contributed by atoms with Gasteiger partial charge in [0.05, 0.1) is 17.3 Å². The van der Waals surface area contributed by atoms with Gasteiger partial charge in [-0.1, -0.05) is 40.5 Å². The Bertz CT molecular complexity index is 553. The molecular weight excluding hydrogens is 336 g/mol. The van der Waals surface area contributed by atoms with Gasteiger partial charge in [-0.2, -0.15) is 0 Å². The van der Waals surface area contributed by atoms with E-state index in [-0.39, 0.29) is 24.6 Å². The topological polar surface area (TPSA) is 89.9 Å². The van der Waals surface area contributed by atoms with Crippen LogP contribution in [0.25, 0.3) is 0 Å². The van der Waals surface area contributed by atoms with Crippen LogP contribution in [0, 0.1) is 28.6 Å². The fourth-order valence-electron chi connectivity index (χ4n) is 4.42. The lowest BCUT2D eigenvalue weighted by Gasteiger charge is -2.26. The number of esters is 2. The summed E-state index contributed by atoms with van der Waals surface area (Å²) >= 11 is 0. The van der Waals surface area contributed by atoms with Gasteiger partial charge in [0.15, 0.2) is 0 Å². The van der Waals surface area contributed by atoms with Crippen molar-refractivity contribution in [2.24, 2.45) is 28.6 Å². The molecule has 0 amide bonds. The van der Waals surface area contributed by atoms with Crippen LogP contribution in [0.3, 0.4) is 0 Å². The second kappa shape index (κ2) is 7.97. The summed E-state index contributed by atoms with van der Waals surface area (Å²) in [6.07, 6.45) is 4.33. The summed E-state index contributed by atoms with van der Waals surface area (Å²) in [6.45, 7) is 8.33. The van der Waals surface area contributed by atoms with Crippen molar-refractivity contribution in [2.45, 2.75) is 66.2 Å². The van der Waals surface area contributed by atoms with E-state index in [4.69, 9.17) is 9.47 Å². The number of hydrogen-bond acceptors (Lipinski definition) is 5. The van der Waals surface area contributed by atoms with E-state index >= 15 is 0 Å². The molecule has 3 unspecified atom stereocenters. The summed E-state index contributed by atoms with van der Waals surface area (Å²) in [4.78, 5) is 36.0.